The third-order valence-electron chi connectivity index (χ3n) is 3.01. The SMILES string of the molecule is CCOc1ccc(CC(C)CSC#N)cc1C(C)C. The largest absolute Gasteiger partial charge is 0.494 e. The van der Waals surface area contributed by atoms with Gasteiger partial charge in [0.1, 0.15) is 11.2 Å². The zero-order chi connectivity index (χ0) is 14.3. The lowest BCUT2D eigenvalue weighted by Gasteiger charge is -2.16. The molecule has 0 saturated heterocycles. The number of thioether (sulfide) groups is 1. The molecule has 1 unspecified atom stereocenters. The minimum atomic E-state index is 0.463. The first-order chi connectivity index (χ1) is 9.08. The highest BCUT2D eigenvalue weighted by Gasteiger charge is 2.11. The van der Waals surface area contributed by atoms with Crippen LogP contribution in [0.15, 0.2) is 18.2 Å². The van der Waals surface area contributed by atoms with E-state index in [0.717, 1.165) is 17.9 Å². The summed E-state index contributed by atoms with van der Waals surface area (Å²) in [7, 11) is 0. The minimum absolute atomic E-state index is 0.463. The van der Waals surface area contributed by atoms with Gasteiger partial charge in [0.25, 0.3) is 0 Å². The van der Waals surface area contributed by atoms with Gasteiger partial charge in [-0.1, -0.05) is 32.9 Å². The quantitative estimate of drug-likeness (QED) is 0.683. The Morgan fingerprint density at radius 2 is 2.05 bits per heavy atom. The molecular weight excluding hydrogens is 254 g/mol. The van der Waals surface area contributed by atoms with Gasteiger partial charge in [0, 0.05) is 5.75 Å². The van der Waals surface area contributed by atoms with Gasteiger partial charge in [-0.2, -0.15) is 5.26 Å². The molecule has 0 aliphatic rings. The van der Waals surface area contributed by atoms with E-state index in [1.807, 2.05) is 6.92 Å². The predicted molar refractivity (Wildman–Crippen MR) is 82.6 cm³/mol. The Labute approximate surface area is 121 Å². The zero-order valence-corrected chi connectivity index (χ0v) is 13.1. The fraction of sp³-hybridized carbons (Fsp3) is 0.562. The molecule has 0 N–H and O–H groups in total. The van der Waals surface area contributed by atoms with Crippen LogP contribution < -0.4 is 4.74 Å². The first kappa shape index (κ1) is 15.9. The van der Waals surface area contributed by atoms with Gasteiger partial charge in [0.15, 0.2) is 0 Å². The maximum Gasteiger partial charge on any atom is 0.133 e. The molecule has 19 heavy (non-hydrogen) atoms. The van der Waals surface area contributed by atoms with Crippen molar-refractivity contribution in [3.8, 4) is 11.2 Å². The second-order valence-corrected chi connectivity index (χ2v) is 5.98. The van der Waals surface area contributed by atoms with Gasteiger partial charge < -0.3 is 4.74 Å². The molecule has 0 aliphatic heterocycles. The summed E-state index contributed by atoms with van der Waals surface area (Å²) < 4.78 is 5.68. The molecule has 0 bridgehead atoms. The Bertz CT molecular complexity index is 437. The summed E-state index contributed by atoms with van der Waals surface area (Å²) in [5.74, 6) is 2.87. The third kappa shape index (κ3) is 5.16. The van der Waals surface area contributed by atoms with Crippen molar-refractivity contribution < 1.29 is 4.74 Å². The van der Waals surface area contributed by atoms with Crippen LogP contribution >= 0.6 is 11.8 Å². The number of ether oxygens (including phenoxy) is 1. The molecule has 3 heteroatoms. The van der Waals surface area contributed by atoms with Crippen molar-refractivity contribution in [2.24, 2.45) is 5.92 Å². The van der Waals surface area contributed by atoms with E-state index in [-0.39, 0.29) is 0 Å². The number of nitriles is 1. The molecule has 104 valence electrons. The van der Waals surface area contributed by atoms with Crippen molar-refractivity contribution in [2.75, 3.05) is 12.4 Å². The van der Waals surface area contributed by atoms with Gasteiger partial charge in [-0.25, -0.2) is 0 Å². The standard InChI is InChI=1S/C16H23NOS/c1-5-18-16-7-6-14(9-15(16)12(2)3)8-13(4)10-19-11-17/h6-7,9,12-13H,5,8,10H2,1-4H3. The number of hydrogen-bond donors (Lipinski definition) is 0. The van der Waals surface area contributed by atoms with Crippen molar-refractivity contribution in [1.82, 2.24) is 0 Å². The number of benzene rings is 1. The van der Waals surface area contributed by atoms with Gasteiger partial charge in [0.05, 0.1) is 6.61 Å². The molecule has 1 aromatic rings. The van der Waals surface area contributed by atoms with Gasteiger partial charge >= 0.3 is 0 Å². The summed E-state index contributed by atoms with van der Waals surface area (Å²) in [4.78, 5) is 0. The third-order valence-corrected chi connectivity index (χ3v) is 3.88. The van der Waals surface area contributed by atoms with Gasteiger partial charge in [0.2, 0.25) is 0 Å². The highest BCUT2D eigenvalue weighted by Crippen LogP contribution is 2.28. The Kier molecular flexibility index (Phi) is 6.80. The van der Waals surface area contributed by atoms with E-state index in [2.05, 4.69) is 44.4 Å². The molecule has 1 aromatic carbocycles. The van der Waals surface area contributed by atoms with E-state index in [0.29, 0.717) is 18.4 Å². The number of hydrogen-bond acceptors (Lipinski definition) is 3. The first-order valence-electron chi connectivity index (χ1n) is 6.85. The van der Waals surface area contributed by atoms with Crippen LogP contribution in [0.25, 0.3) is 0 Å². The Balaban J connectivity index is 2.80. The van der Waals surface area contributed by atoms with Crippen LogP contribution in [0.5, 0.6) is 5.75 Å². The van der Waals surface area contributed by atoms with Crippen molar-refractivity contribution in [3.63, 3.8) is 0 Å². The molecule has 1 rings (SSSR count). The average Bonchev–Trinajstić information content (AvgIpc) is 2.38. The fourth-order valence-corrected chi connectivity index (χ4v) is 2.58. The van der Waals surface area contributed by atoms with Crippen LogP contribution in [-0.2, 0) is 6.42 Å². The Morgan fingerprint density at radius 3 is 2.63 bits per heavy atom. The number of nitrogens with zero attached hydrogens (tertiary/aromatic N) is 1. The van der Waals surface area contributed by atoms with E-state index < -0.39 is 0 Å². The van der Waals surface area contributed by atoms with E-state index in [9.17, 15) is 0 Å². The van der Waals surface area contributed by atoms with Crippen molar-refractivity contribution in [3.05, 3.63) is 29.3 Å². The summed E-state index contributed by atoms with van der Waals surface area (Å²) >= 11 is 1.34. The normalized spacial score (nSPS) is 12.2. The highest BCUT2D eigenvalue weighted by atomic mass is 32.2. The second-order valence-electron chi connectivity index (χ2n) is 5.17. The summed E-state index contributed by atoms with van der Waals surface area (Å²) in [6.07, 6.45) is 1.01. The number of rotatable bonds is 7. The molecule has 0 aliphatic carbocycles. The van der Waals surface area contributed by atoms with Crippen molar-refractivity contribution in [1.29, 1.82) is 5.26 Å². The average molecular weight is 277 g/mol. The topological polar surface area (TPSA) is 33.0 Å². The molecule has 1 atom stereocenters. The molecule has 0 aromatic heterocycles. The van der Waals surface area contributed by atoms with Crippen LogP contribution in [0.2, 0.25) is 0 Å². The first-order valence-corrected chi connectivity index (χ1v) is 7.83. The van der Waals surface area contributed by atoms with Crippen LogP contribution in [0, 0.1) is 16.6 Å². The lowest BCUT2D eigenvalue weighted by atomic mass is 9.95. The summed E-state index contributed by atoms with van der Waals surface area (Å²) in [5, 5.41) is 10.7. The van der Waals surface area contributed by atoms with Crippen molar-refractivity contribution >= 4 is 11.8 Å². The molecule has 2 nitrogen and oxygen atoms in total. The molecule has 0 amide bonds. The smallest absolute Gasteiger partial charge is 0.133 e. The van der Waals surface area contributed by atoms with E-state index in [1.54, 1.807) is 0 Å². The molecule has 0 radical (unpaired) electrons. The number of thiocyanates is 1. The minimum Gasteiger partial charge on any atom is -0.494 e. The summed E-state index contributed by atoms with van der Waals surface area (Å²) in [6.45, 7) is 9.29. The van der Waals surface area contributed by atoms with Gasteiger partial charge in [-0.15, -0.1) is 0 Å². The molecule has 0 heterocycles. The van der Waals surface area contributed by atoms with E-state index >= 15 is 0 Å². The molecule has 0 saturated carbocycles. The van der Waals surface area contributed by atoms with Crippen LogP contribution in [0.1, 0.15) is 44.7 Å². The Morgan fingerprint density at radius 1 is 1.32 bits per heavy atom. The van der Waals surface area contributed by atoms with Crippen molar-refractivity contribution in [2.45, 2.75) is 40.0 Å². The van der Waals surface area contributed by atoms with E-state index in [4.69, 9.17) is 10.00 Å². The molecule has 0 spiro atoms. The summed E-state index contributed by atoms with van der Waals surface area (Å²) in [6, 6.07) is 6.48. The highest BCUT2D eigenvalue weighted by molar-refractivity contribution is 8.03. The van der Waals surface area contributed by atoms with Gasteiger partial charge in [-0.05, 0) is 54.1 Å². The van der Waals surface area contributed by atoms with Crippen LogP contribution in [0.4, 0.5) is 0 Å². The molecule has 0 fully saturated rings. The summed E-state index contributed by atoms with van der Waals surface area (Å²) in [5.41, 5.74) is 2.61. The Hall–Kier alpha value is -1.14. The predicted octanol–water partition coefficient (Wildman–Crippen LogP) is 4.60. The van der Waals surface area contributed by atoms with Crippen LogP contribution in [0.3, 0.4) is 0 Å². The maximum atomic E-state index is 8.59. The monoisotopic (exact) mass is 277 g/mol. The second kappa shape index (κ2) is 8.12. The lowest BCUT2D eigenvalue weighted by Crippen LogP contribution is -2.04. The lowest BCUT2D eigenvalue weighted by molar-refractivity contribution is 0.335. The molecular formula is C16H23NOS. The fourth-order valence-electron chi connectivity index (χ4n) is 2.10. The van der Waals surface area contributed by atoms with Gasteiger partial charge in [-0.3, -0.25) is 0 Å². The zero-order valence-electron chi connectivity index (χ0n) is 12.3. The van der Waals surface area contributed by atoms with E-state index in [1.165, 1.54) is 22.9 Å². The maximum absolute atomic E-state index is 8.59. The van der Waals surface area contributed by atoms with Crippen LogP contribution in [-0.4, -0.2) is 12.4 Å².